The summed E-state index contributed by atoms with van der Waals surface area (Å²) in [7, 11) is 0. The monoisotopic (exact) mass is 304 g/mol. The fourth-order valence-electron chi connectivity index (χ4n) is 2.07. The van der Waals surface area contributed by atoms with E-state index in [9.17, 15) is 9.50 Å². The molecule has 1 saturated heterocycles. The zero-order valence-electron chi connectivity index (χ0n) is 10.1. The van der Waals surface area contributed by atoms with Gasteiger partial charge >= 0.3 is 0 Å². The Morgan fingerprint density at radius 3 is 3.16 bits per heavy atom. The largest absolute Gasteiger partial charge is 0.488 e. The molecule has 0 radical (unpaired) electrons. The Labute approximate surface area is 121 Å². The number of aliphatic imine (C=N–C) groups is 1. The molecule has 0 amide bonds. The van der Waals surface area contributed by atoms with Crippen molar-refractivity contribution >= 4 is 29.3 Å². The average molecular weight is 305 g/mol. The Morgan fingerprint density at radius 1 is 1.53 bits per heavy atom. The summed E-state index contributed by atoms with van der Waals surface area (Å²) in [6, 6.07) is 5.93. The zero-order valence-corrected chi connectivity index (χ0v) is 11.7. The number of ether oxygens (including phenoxy) is 1. The molecule has 3 rings (SSSR count). The number of thioether (sulfide) groups is 1. The predicted molar refractivity (Wildman–Crippen MR) is 75.6 cm³/mol. The Morgan fingerprint density at radius 2 is 2.37 bits per heavy atom. The van der Waals surface area contributed by atoms with Gasteiger partial charge < -0.3 is 14.7 Å². The first-order valence-electron chi connectivity index (χ1n) is 5.73. The van der Waals surface area contributed by atoms with E-state index in [1.54, 1.807) is 12.1 Å². The molecule has 104 valence electrons. The fourth-order valence-corrected chi connectivity index (χ4v) is 3.27. The van der Waals surface area contributed by atoms with E-state index in [-0.39, 0.29) is 24.8 Å². The van der Waals surface area contributed by atoms with Crippen LogP contribution in [0.25, 0.3) is 0 Å². The van der Waals surface area contributed by atoms with Crippen LogP contribution >= 0.6 is 24.2 Å². The van der Waals surface area contributed by atoms with E-state index in [1.165, 1.54) is 23.9 Å². The van der Waals surface area contributed by atoms with Crippen molar-refractivity contribution in [2.24, 2.45) is 4.99 Å². The predicted octanol–water partition coefficient (Wildman–Crippen LogP) is 1.73. The third kappa shape index (κ3) is 2.80. The second kappa shape index (κ2) is 5.56. The highest BCUT2D eigenvalue weighted by molar-refractivity contribution is 8.14. The van der Waals surface area contributed by atoms with Gasteiger partial charge in [0.1, 0.15) is 18.2 Å². The first kappa shape index (κ1) is 14.4. The van der Waals surface area contributed by atoms with Crippen LogP contribution in [0.15, 0.2) is 29.3 Å². The van der Waals surface area contributed by atoms with Crippen LogP contribution in [0.5, 0.6) is 5.75 Å². The third-order valence-electron chi connectivity index (χ3n) is 3.00. The molecule has 0 aliphatic carbocycles. The molecule has 1 N–H and O–H groups in total. The van der Waals surface area contributed by atoms with Gasteiger partial charge in [0.15, 0.2) is 10.9 Å². The summed E-state index contributed by atoms with van der Waals surface area (Å²) in [4.78, 5) is 6.15. The van der Waals surface area contributed by atoms with Crippen molar-refractivity contribution in [2.45, 2.75) is 5.72 Å². The zero-order chi connectivity index (χ0) is 12.6. The first-order valence-corrected chi connectivity index (χ1v) is 6.72. The Bertz CT molecular complexity index is 502. The summed E-state index contributed by atoms with van der Waals surface area (Å²) in [5.74, 6) is 0.614. The van der Waals surface area contributed by atoms with E-state index in [4.69, 9.17) is 4.74 Å². The molecule has 2 aliphatic heterocycles. The Hall–Kier alpha value is -0.980. The van der Waals surface area contributed by atoms with Crippen molar-refractivity contribution in [3.63, 3.8) is 0 Å². The molecule has 1 fully saturated rings. The summed E-state index contributed by atoms with van der Waals surface area (Å²) < 4.78 is 18.5. The number of aliphatic hydroxyl groups is 1. The van der Waals surface area contributed by atoms with Gasteiger partial charge in [-0.15, -0.1) is 12.4 Å². The molecule has 0 aromatic heterocycles. The molecule has 1 atom stereocenters. The van der Waals surface area contributed by atoms with Gasteiger partial charge in [0.2, 0.25) is 0 Å². The molecule has 2 heterocycles. The van der Waals surface area contributed by atoms with E-state index in [0.29, 0.717) is 24.6 Å². The Balaban J connectivity index is 0.00000133. The number of rotatable bonds is 3. The molecule has 1 unspecified atom stereocenters. The van der Waals surface area contributed by atoms with Crippen LogP contribution in [0.1, 0.15) is 0 Å². The number of halogens is 2. The van der Waals surface area contributed by atoms with Gasteiger partial charge in [-0.3, -0.25) is 4.99 Å². The number of hydrogen-bond acceptors (Lipinski definition) is 5. The Kier molecular flexibility index (Phi) is 4.23. The van der Waals surface area contributed by atoms with Gasteiger partial charge in [0.25, 0.3) is 0 Å². The van der Waals surface area contributed by atoms with Gasteiger partial charge in [0, 0.05) is 12.6 Å². The summed E-state index contributed by atoms with van der Waals surface area (Å²) >= 11 is 1.53. The van der Waals surface area contributed by atoms with Crippen LogP contribution in [-0.2, 0) is 0 Å². The standard InChI is InChI=1S/C12H13FN2O2S.ClH/c13-9-2-1-3-10(6-9)17-7-12(16)8-18-11-14-4-5-15(11)12;/h1-3,6,16H,4-5,7-8H2;1H. The van der Waals surface area contributed by atoms with E-state index < -0.39 is 5.72 Å². The van der Waals surface area contributed by atoms with Crippen LogP contribution in [0.3, 0.4) is 0 Å². The lowest BCUT2D eigenvalue weighted by atomic mass is 10.2. The molecule has 4 nitrogen and oxygen atoms in total. The fraction of sp³-hybridized carbons (Fsp3) is 0.417. The number of amidine groups is 1. The molecule has 1 aromatic carbocycles. The smallest absolute Gasteiger partial charge is 0.184 e. The molecular formula is C12H14ClFN2O2S. The lowest BCUT2D eigenvalue weighted by Crippen LogP contribution is -2.51. The maximum Gasteiger partial charge on any atom is 0.184 e. The van der Waals surface area contributed by atoms with Crippen molar-refractivity contribution in [1.82, 2.24) is 4.90 Å². The lowest BCUT2D eigenvalue weighted by molar-refractivity contribution is -0.0695. The van der Waals surface area contributed by atoms with E-state index in [1.807, 2.05) is 4.90 Å². The van der Waals surface area contributed by atoms with Gasteiger partial charge in [-0.25, -0.2) is 4.39 Å². The minimum absolute atomic E-state index is 0. The normalized spacial score (nSPS) is 24.7. The molecule has 0 saturated carbocycles. The highest BCUT2D eigenvalue weighted by atomic mass is 35.5. The molecule has 0 spiro atoms. The van der Waals surface area contributed by atoms with Crippen LogP contribution in [-0.4, -0.2) is 46.3 Å². The molecule has 19 heavy (non-hydrogen) atoms. The van der Waals surface area contributed by atoms with Gasteiger partial charge in [0.05, 0.1) is 12.3 Å². The van der Waals surface area contributed by atoms with Crippen LogP contribution < -0.4 is 4.74 Å². The van der Waals surface area contributed by atoms with Crippen molar-refractivity contribution in [3.05, 3.63) is 30.1 Å². The third-order valence-corrected chi connectivity index (χ3v) is 4.22. The molecule has 7 heteroatoms. The van der Waals surface area contributed by atoms with Crippen molar-refractivity contribution in [3.8, 4) is 5.75 Å². The highest BCUT2D eigenvalue weighted by Crippen LogP contribution is 2.34. The molecule has 2 aliphatic rings. The molecular weight excluding hydrogens is 291 g/mol. The number of hydrogen-bond donors (Lipinski definition) is 1. The SMILES string of the molecule is Cl.OC1(COc2cccc(F)c2)CSC2=NCCN21. The quantitative estimate of drug-likeness (QED) is 0.924. The summed E-state index contributed by atoms with van der Waals surface area (Å²) in [6.07, 6.45) is 0. The maximum atomic E-state index is 13.0. The van der Waals surface area contributed by atoms with Gasteiger partial charge in [-0.05, 0) is 12.1 Å². The van der Waals surface area contributed by atoms with Gasteiger partial charge in [-0.2, -0.15) is 0 Å². The van der Waals surface area contributed by atoms with Crippen molar-refractivity contribution in [1.29, 1.82) is 0 Å². The first-order chi connectivity index (χ1) is 8.67. The second-order valence-electron chi connectivity index (χ2n) is 4.33. The molecule has 1 aromatic rings. The summed E-state index contributed by atoms with van der Waals surface area (Å²) in [5.41, 5.74) is -1.04. The average Bonchev–Trinajstić information content (AvgIpc) is 2.93. The number of fused-ring (bicyclic) bond motifs is 1. The topological polar surface area (TPSA) is 45.1 Å². The van der Waals surface area contributed by atoms with E-state index in [0.717, 1.165) is 5.17 Å². The second-order valence-corrected chi connectivity index (χ2v) is 5.28. The maximum absolute atomic E-state index is 13.0. The summed E-state index contributed by atoms with van der Waals surface area (Å²) in [5, 5.41) is 11.4. The highest BCUT2D eigenvalue weighted by Gasteiger charge is 2.45. The van der Waals surface area contributed by atoms with Gasteiger partial charge in [-0.1, -0.05) is 17.8 Å². The van der Waals surface area contributed by atoms with Crippen molar-refractivity contribution < 1.29 is 14.2 Å². The minimum atomic E-state index is -1.04. The summed E-state index contributed by atoms with van der Waals surface area (Å²) in [6.45, 7) is 1.54. The van der Waals surface area contributed by atoms with E-state index >= 15 is 0 Å². The molecule has 0 bridgehead atoms. The lowest BCUT2D eigenvalue weighted by Gasteiger charge is -2.31. The van der Waals surface area contributed by atoms with Crippen molar-refractivity contribution in [2.75, 3.05) is 25.4 Å². The minimum Gasteiger partial charge on any atom is -0.488 e. The van der Waals surface area contributed by atoms with Crippen LogP contribution in [0, 0.1) is 5.82 Å². The number of nitrogens with zero attached hydrogens (tertiary/aromatic N) is 2. The van der Waals surface area contributed by atoms with Crippen LogP contribution in [0.2, 0.25) is 0 Å². The number of benzene rings is 1. The van der Waals surface area contributed by atoms with E-state index in [2.05, 4.69) is 4.99 Å². The van der Waals surface area contributed by atoms with Crippen LogP contribution in [0.4, 0.5) is 4.39 Å².